The van der Waals surface area contributed by atoms with E-state index in [9.17, 15) is 19.5 Å². The number of methoxy groups -OCH3 is 1. The number of aliphatic hydroxyl groups is 1. The number of fused-ring (bicyclic) bond motifs is 2. The highest BCUT2D eigenvalue weighted by molar-refractivity contribution is 7.22. The molecule has 4 aromatic rings. The summed E-state index contributed by atoms with van der Waals surface area (Å²) < 4.78 is 20.5. The van der Waals surface area contributed by atoms with E-state index in [0.29, 0.717) is 38.7 Å². The third-order valence-corrected chi connectivity index (χ3v) is 10.4. The van der Waals surface area contributed by atoms with E-state index in [2.05, 4.69) is 4.98 Å². The van der Waals surface area contributed by atoms with Gasteiger partial charge in [-0.2, -0.15) is 0 Å². The molecule has 0 bridgehead atoms. The van der Waals surface area contributed by atoms with Crippen molar-refractivity contribution in [2.75, 3.05) is 7.11 Å². The Bertz CT molecular complexity index is 1770. The maximum absolute atomic E-state index is 14.3. The number of hydrogen-bond donors (Lipinski definition) is 2. The predicted molar refractivity (Wildman–Crippen MR) is 161 cm³/mol. The normalized spacial score (nSPS) is 22.6. The summed E-state index contributed by atoms with van der Waals surface area (Å²) >= 11 is 1.23. The number of benzene rings is 1. The fourth-order valence-corrected chi connectivity index (χ4v) is 8.08. The van der Waals surface area contributed by atoms with Crippen LogP contribution in [-0.2, 0) is 21.6 Å². The van der Waals surface area contributed by atoms with E-state index >= 15 is 0 Å². The van der Waals surface area contributed by atoms with Gasteiger partial charge in [0.15, 0.2) is 0 Å². The molecule has 0 aliphatic heterocycles. The van der Waals surface area contributed by atoms with Crippen LogP contribution in [0.4, 0.5) is 0 Å². The van der Waals surface area contributed by atoms with Crippen LogP contribution in [0.15, 0.2) is 50.7 Å². The number of hydrogen-bond acceptors (Lipinski definition) is 9. The van der Waals surface area contributed by atoms with Crippen LogP contribution < -0.4 is 21.7 Å². The number of oxazole rings is 1. The molecule has 2 aliphatic rings. The molecule has 0 radical (unpaired) electrons. The van der Waals surface area contributed by atoms with Crippen LogP contribution >= 0.6 is 11.3 Å². The van der Waals surface area contributed by atoms with Crippen LogP contribution in [0.1, 0.15) is 56.8 Å². The molecule has 0 spiro atoms. The summed E-state index contributed by atoms with van der Waals surface area (Å²) in [6, 6.07) is 7.51. The van der Waals surface area contributed by atoms with Gasteiger partial charge in [0.25, 0.3) is 5.56 Å². The number of amides is 1. The van der Waals surface area contributed by atoms with E-state index < -0.39 is 28.8 Å². The number of para-hydroxylation sites is 1. The minimum Gasteiger partial charge on any atom is -0.496 e. The molecule has 11 nitrogen and oxygen atoms in total. The minimum absolute atomic E-state index is 0.0459. The third-order valence-electron chi connectivity index (χ3n) is 9.14. The fourth-order valence-electron chi connectivity index (χ4n) is 6.84. The number of aryl methyl sites for hydroxylation is 1. The Hall–Kier alpha value is -3.74. The molecule has 2 saturated carbocycles. The molecular weight excluding hydrogens is 572 g/mol. The quantitative estimate of drug-likeness (QED) is 0.292. The highest BCUT2D eigenvalue weighted by Gasteiger charge is 2.43. The second kappa shape index (κ2) is 11.1. The first-order valence-electron chi connectivity index (χ1n) is 14.5. The van der Waals surface area contributed by atoms with Gasteiger partial charge in [0, 0.05) is 5.56 Å². The predicted octanol–water partition coefficient (Wildman–Crippen LogP) is 3.72. The standard InChI is InChI=1S/C31H36N4O7S/c1-16-24-27(37)35(31(2,3)29(32)38)30(39)34(28(24)43-25(16)26-33-9-10-41-26)15-23(21-7-5-6-8-22(21)40-4)42-20-13-17-11-19(36)12-18(17)14-20/h5-10,17-20,23,36H,11-15H2,1-4H3,(H2,32,38)/t17-,18?,19?,20?,23?/m0/s1. The lowest BCUT2D eigenvalue weighted by Crippen LogP contribution is -2.54. The molecule has 228 valence electrons. The van der Waals surface area contributed by atoms with Crippen molar-refractivity contribution in [1.82, 2.24) is 14.1 Å². The third kappa shape index (κ3) is 5.00. The van der Waals surface area contributed by atoms with Gasteiger partial charge in [0.1, 0.15) is 28.5 Å². The minimum atomic E-state index is -1.61. The molecule has 1 aromatic carbocycles. The Balaban J connectivity index is 1.52. The first-order valence-corrected chi connectivity index (χ1v) is 15.3. The maximum Gasteiger partial charge on any atom is 0.333 e. The summed E-state index contributed by atoms with van der Waals surface area (Å²) in [7, 11) is 1.59. The van der Waals surface area contributed by atoms with Gasteiger partial charge >= 0.3 is 5.69 Å². The lowest BCUT2D eigenvalue weighted by molar-refractivity contribution is -0.125. The maximum atomic E-state index is 14.3. The van der Waals surface area contributed by atoms with E-state index in [1.165, 1.54) is 42.2 Å². The number of nitrogens with two attached hydrogens (primary N) is 1. The van der Waals surface area contributed by atoms with E-state index in [1.807, 2.05) is 24.3 Å². The van der Waals surface area contributed by atoms with Crippen molar-refractivity contribution < 1.29 is 23.8 Å². The molecule has 3 N–H and O–H groups in total. The number of nitrogens with zero attached hydrogens (tertiary/aromatic N) is 3. The lowest BCUT2D eigenvalue weighted by atomic mass is 10.0. The van der Waals surface area contributed by atoms with Crippen molar-refractivity contribution in [3.05, 3.63) is 68.7 Å². The largest absolute Gasteiger partial charge is 0.496 e. The average molecular weight is 609 g/mol. The van der Waals surface area contributed by atoms with E-state index in [4.69, 9.17) is 19.6 Å². The Morgan fingerprint density at radius 2 is 1.91 bits per heavy atom. The van der Waals surface area contributed by atoms with E-state index in [-0.39, 0.29) is 24.1 Å². The summed E-state index contributed by atoms with van der Waals surface area (Å²) in [4.78, 5) is 46.1. The van der Waals surface area contributed by atoms with Gasteiger partial charge in [-0.05, 0) is 69.9 Å². The van der Waals surface area contributed by atoms with Gasteiger partial charge in [0.05, 0.1) is 42.3 Å². The number of aliphatic hydroxyl groups excluding tert-OH is 1. The summed E-state index contributed by atoms with van der Waals surface area (Å²) in [6.45, 7) is 4.75. The van der Waals surface area contributed by atoms with Gasteiger partial charge in [-0.25, -0.2) is 14.3 Å². The van der Waals surface area contributed by atoms with Crippen molar-refractivity contribution in [3.8, 4) is 16.5 Å². The van der Waals surface area contributed by atoms with Gasteiger partial charge < -0.3 is 24.7 Å². The van der Waals surface area contributed by atoms with Crippen molar-refractivity contribution in [2.45, 2.75) is 76.9 Å². The van der Waals surface area contributed by atoms with Crippen LogP contribution in [0.3, 0.4) is 0 Å². The zero-order chi connectivity index (χ0) is 30.6. The van der Waals surface area contributed by atoms with Crippen LogP contribution in [-0.4, -0.2) is 44.4 Å². The molecule has 6 rings (SSSR count). The van der Waals surface area contributed by atoms with Crippen LogP contribution in [0.2, 0.25) is 0 Å². The lowest BCUT2D eigenvalue weighted by Gasteiger charge is -2.28. The Labute approximate surface area is 251 Å². The monoisotopic (exact) mass is 608 g/mol. The van der Waals surface area contributed by atoms with E-state index in [0.717, 1.165) is 35.8 Å². The number of thiophene rings is 1. The number of rotatable bonds is 9. The highest BCUT2D eigenvalue weighted by Crippen LogP contribution is 2.47. The molecule has 2 aliphatic carbocycles. The molecule has 5 atom stereocenters. The number of aromatic nitrogens is 3. The van der Waals surface area contributed by atoms with Gasteiger partial charge in [-0.15, -0.1) is 11.3 Å². The van der Waals surface area contributed by atoms with E-state index in [1.54, 1.807) is 14.0 Å². The van der Waals surface area contributed by atoms with Crippen molar-refractivity contribution >= 4 is 27.5 Å². The summed E-state index contributed by atoms with van der Waals surface area (Å²) in [6.07, 6.45) is 5.18. The Morgan fingerprint density at radius 3 is 2.53 bits per heavy atom. The van der Waals surface area contributed by atoms with Gasteiger partial charge in [-0.1, -0.05) is 18.2 Å². The summed E-state index contributed by atoms with van der Waals surface area (Å²) in [5.74, 6) is 0.924. The second-order valence-corrected chi connectivity index (χ2v) is 13.1. The number of ether oxygens (including phenoxy) is 2. The smallest absolute Gasteiger partial charge is 0.333 e. The van der Waals surface area contributed by atoms with Crippen molar-refractivity contribution in [3.63, 3.8) is 0 Å². The molecule has 4 unspecified atom stereocenters. The topological polar surface area (TPSA) is 152 Å². The van der Waals surface area contributed by atoms with Crippen LogP contribution in [0.25, 0.3) is 21.0 Å². The van der Waals surface area contributed by atoms with Crippen molar-refractivity contribution in [2.24, 2.45) is 17.6 Å². The molecule has 3 heterocycles. The average Bonchev–Trinajstić information content (AvgIpc) is 3.74. The zero-order valence-electron chi connectivity index (χ0n) is 24.6. The molecule has 43 heavy (non-hydrogen) atoms. The number of carbonyl (C=O) groups excluding carboxylic acids is 1. The van der Waals surface area contributed by atoms with Crippen molar-refractivity contribution in [1.29, 1.82) is 0 Å². The molecule has 2 fully saturated rings. The highest BCUT2D eigenvalue weighted by atomic mass is 32.1. The SMILES string of the molecule is COc1ccccc1C(Cn1c(=O)n(C(C)(C)C(N)=O)c(=O)c2c(C)c(-c3ncco3)sc21)OC1CC2CC(O)C[C@H]2C1. The molecule has 12 heteroatoms. The summed E-state index contributed by atoms with van der Waals surface area (Å²) in [5.41, 5.74) is 4.19. The Kier molecular flexibility index (Phi) is 7.55. The molecule has 0 saturated heterocycles. The van der Waals surface area contributed by atoms with Gasteiger partial charge in [-0.3, -0.25) is 14.2 Å². The van der Waals surface area contributed by atoms with Crippen LogP contribution in [0.5, 0.6) is 5.75 Å². The number of carbonyl (C=O) groups is 1. The first-order chi connectivity index (χ1) is 20.5. The Morgan fingerprint density at radius 1 is 1.21 bits per heavy atom. The first kappa shape index (κ1) is 29.3. The van der Waals surface area contributed by atoms with Gasteiger partial charge in [0.2, 0.25) is 11.8 Å². The summed E-state index contributed by atoms with van der Waals surface area (Å²) in [5, 5.41) is 10.4. The molecule has 1 amide bonds. The van der Waals surface area contributed by atoms with Crippen LogP contribution in [0, 0.1) is 18.8 Å². The molecule has 3 aromatic heterocycles. The molecular formula is C31H36N4O7S. The second-order valence-electron chi connectivity index (χ2n) is 12.1. The number of primary amides is 1. The fraction of sp³-hybridized carbons (Fsp3) is 0.484. The zero-order valence-corrected chi connectivity index (χ0v) is 25.4.